The van der Waals surface area contributed by atoms with E-state index in [-0.39, 0.29) is 17.4 Å². The van der Waals surface area contributed by atoms with Gasteiger partial charge in [-0.3, -0.25) is 10.1 Å². The Morgan fingerprint density at radius 3 is 2.62 bits per heavy atom. The number of halogens is 1. The van der Waals surface area contributed by atoms with Crippen LogP contribution in [0.1, 0.15) is 25.1 Å². The Labute approximate surface area is 224 Å². The van der Waals surface area contributed by atoms with Gasteiger partial charge in [0.15, 0.2) is 0 Å². The van der Waals surface area contributed by atoms with E-state index in [9.17, 15) is 14.0 Å². The van der Waals surface area contributed by atoms with Crippen LogP contribution in [-0.4, -0.2) is 57.3 Å². The van der Waals surface area contributed by atoms with Crippen LogP contribution in [0.5, 0.6) is 0 Å². The first-order valence-corrected chi connectivity index (χ1v) is 13.0. The third kappa shape index (κ3) is 5.80. The highest BCUT2D eigenvalue weighted by Gasteiger charge is 2.13. The van der Waals surface area contributed by atoms with Crippen LogP contribution in [0, 0.1) is 5.82 Å². The molecule has 0 saturated carbocycles. The van der Waals surface area contributed by atoms with Gasteiger partial charge < -0.3 is 15.2 Å². The summed E-state index contributed by atoms with van der Waals surface area (Å²) in [6.45, 7) is 7.31. The second kappa shape index (κ2) is 11.4. The lowest BCUT2D eigenvalue weighted by molar-refractivity contribution is 0.247. The van der Waals surface area contributed by atoms with E-state index in [2.05, 4.69) is 49.5 Å². The number of rotatable bonds is 9. The summed E-state index contributed by atoms with van der Waals surface area (Å²) in [5.74, 6) is -0.0495. The van der Waals surface area contributed by atoms with Gasteiger partial charge in [0.1, 0.15) is 5.82 Å². The molecule has 5 aromatic rings. The lowest BCUT2D eigenvalue weighted by atomic mass is 9.98. The van der Waals surface area contributed by atoms with E-state index in [1.807, 2.05) is 30.3 Å². The molecule has 0 aliphatic heterocycles. The van der Waals surface area contributed by atoms with Crippen molar-refractivity contribution in [2.75, 3.05) is 31.5 Å². The molecule has 5 rings (SSSR count). The number of benzene rings is 3. The summed E-state index contributed by atoms with van der Waals surface area (Å²) in [5.41, 5.74) is 3.71. The zero-order valence-corrected chi connectivity index (χ0v) is 21.8. The Kier molecular flexibility index (Phi) is 7.64. The van der Waals surface area contributed by atoms with E-state index in [1.54, 1.807) is 24.3 Å². The minimum Gasteiger partial charge on any atom is -0.337 e. The number of imidazole rings is 1. The lowest BCUT2D eigenvalue weighted by Gasteiger charge is -2.17. The number of amides is 2. The van der Waals surface area contributed by atoms with Crippen molar-refractivity contribution >= 4 is 33.8 Å². The molecule has 2 aromatic heterocycles. The Balaban J connectivity index is 1.34. The molecule has 2 amide bonds. The molecule has 0 fully saturated rings. The van der Waals surface area contributed by atoms with E-state index in [1.165, 1.54) is 6.07 Å². The van der Waals surface area contributed by atoms with Crippen molar-refractivity contribution in [3.8, 4) is 11.1 Å². The molecule has 4 N–H and O–H groups in total. The average molecular weight is 528 g/mol. The number of nitrogens with one attached hydrogen (secondary N) is 4. The molecule has 0 atom stereocenters. The predicted octanol–water partition coefficient (Wildman–Crippen LogP) is 4.66. The molecule has 200 valence electrons. The van der Waals surface area contributed by atoms with Crippen LogP contribution in [-0.2, 0) is 6.42 Å². The van der Waals surface area contributed by atoms with Gasteiger partial charge in [0.2, 0.25) is 5.95 Å². The molecule has 39 heavy (non-hydrogen) atoms. The van der Waals surface area contributed by atoms with Gasteiger partial charge in [-0.2, -0.15) is 5.10 Å². The van der Waals surface area contributed by atoms with Gasteiger partial charge in [0.25, 0.3) is 5.56 Å². The maximum Gasteiger partial charge on any atom is 0.321 e. The van der Waals surface area contributed by atoms with E-state index < -0.39 is 0 Å². The number of aromatic amines is 2. The van der Waals surface area contributed by atoms with Gasteiger partial charge in [-0.1, -0.05) is 44.2 Å². The number of carbonyl (C=O) groups excluding carboxylic acids is 1. The molecule has 9 nitrogen and oxygen atoms in total. The Hall–Kier alpha value is -4.57. The van der Waals surface area contributed by atoms with Gasteiger partial charge in [-0.15, -0.1) is 0 Å². The van der Waals surface area contributed by atoms with E-state index in [0.717, 1.165) is 36.1 Å². The molecule has 0 aliphatic carbocycles. The fourth-order valence-electron chi connectivity index (χ4n) is 4.65. The number of H-pyrrole nitrogens is 2. The SMILES string of the molecule is CCN(CC)CCNC(=O)Nc1nc2cc(-c3cc(Cc4n[nH]c(=O)c5ccccc45)ccc3F)ccc2[nH]1. The fourth-order valence-corrected chi connectivity index (χ4v) is 4.65. The van der Waals surface area contributed by atoms with E-state index in [0.29, 0.717) is 46.6 Å². The molecule has 0 bridgehead atoms. The topological polar surface area (TPSA) is 119 Å². The van der Waals surface area contributed by atoms with Gasteiger partial charge in [0.05, 0.1) is 22.1 Å². The maximum atomic E-state index is 14.9. The van der Waals surface area contributed by atoms with Crippen LogP contribution < -0.4 is 16.2 Å². The standard InChI is InChI=1S/C29H30FN7O2/c1-3-37(4-2)14-13-31-29(39)34-28-32-24-12-10-19(17-26(24)33-28)22-15-18(9-11-23(22)30)16-25-20-7-5-6-8-21(20)27(38)36-35-25/h5-12,15,17H,3-4,13-14,16H2,1-2H3,(H,36,38)(H3,31,32,33,34,39). The molecule has 0 radical (unpaired) electrons. The van der Waals surface area contributed by atoms with Crippen LogP contribution in [0.2, 0.25) is 0 Å². The fraction of sp³-hybridized carbons (Fsp3) is 0.241. The molecule has 0 spiro atoms. The molecular formula is C29H30FN7O2. The number of anilines is 1. The van der Waals surface area contributed by atoms with Crippen LogP contribution in [0.25, 0.3) is 32.9 Å². The Morgan fingerprint density at radius 1 is 1.03 bits per heavy atom. The van der Waals surface area contributed by atoms with Crippen LogP contribution in [0.3, 0.4) is 0 Å². The van der Waals surface area contributed by atoms with Crippen LogP contribution in [0.4, 0.5) is 15.1 Å². The summed E-state index contributed by atoms with van der Waals surface area (Å²) >= 11 is 0. The van der Waals surface area contributed by atoms with Crippen molar-refractivity contribution in [3.63, 3.8) is 0 Å². The number of urea groups is 1. The van der Waals surface area contributed by atoms with Crippen molar-refractivity contribution in [2.45, 2.75) is 20.3 Å². The minimum absolute atomic E-state index is 0.243. The number of hydrogen-bond donors (Lipinski definition) is 4. The Morgan fingerprint density at radius 2 is 1.82 bits per heavy atom. The third-order valence-corrected chi connectivity index (χ3v) is 6.81. The Bertz CT molecular complexity index is 1690. The summed E-state index contributed by atoms with van der Waals surface area (Å²) < 4.78 is 14.9. The van der Waals surface area contributed by atoms with Crippen molar-refractivity contribution in [1.29, 1.82) is 0 Å². The number of fused-ring (bicyclic) bond motifs is 2. The van der Waals surface area contributed by atoms with Crippen molar-refractivity contribution < 1.29 is 9.18 Å². The van der Waals surface area contributed by atoms with Gasteiger partial charge >= 0.3 is 6.03 Å². The molecule has 10 heteroatoms. The first-order valence-electron chi connectivity index (χ1n) is 13.0. The van der Waals surface area contributed by atoms with E-state index in [4.69, 9.17) is 0 Å². The number of likely N-dealkylation sites (N-methyl/N-ethyl adjacent to an activating group) is 1. The highest BCUT2D eigenvalue weighted by Crippen LogP contribution is 2.28. The number of hydrogen-bond acceptors (Lipinski definition) is 5. The molecule has 0 aliphatic rings. The summed E-state index contributed by atoms with van der Waals surface area (Å²) in [4.78, 5) is 34.2. The number of carbonyl (C=O) groups is 1. The highest BCUT2D eigenvalue weighted by atomic mass is 19.1. The van der Waals surface area contributed by atoms with E-state index >= 15 is 0 Å². The molecule has 0 unspecified atom stereocenters. The quantitative estimate of drug-likeness (QED) is 0.222. The van der Waals surface area contributed by atoms with Gasteiger partial charge in [-0.05, 0) is 54.5 Å². The summed E-state index contributed by atoms with van der Waals surface area (Å²) in [6, 6.07) is 17.3. The number of nitrogens with zero attached hydrogens (tertiary/aromatic N) is 3. The predicted molar refractivity (Wildman–Crippen MR) is 151 cm³/mol. The largest absolute Gasteiger partial charge is 0.337 e. The average Bonchev–Trinajstić information content (AvgIpc) is 3.35. The minimum atomic E-state index is -0.362. The zero-order valence-electron chi connectivity index (χ0n) is 21.8. The second-order valence-electron chi connectivity index (χ2n) is 9.26. The summed E-state index contributed by atoms with van der Waals surface area (Å²) in [7, 11) is 0. The second-order valence-corrected chi connectivity index (χ2v) is 9.26. The van der Waals surface area contributed by atoms with Crippen molar-refractivity contribution in [1.82, 2.24) is 30.4 Å². The van der Waals surface area contributed by atoms with Gasteiger partial charge in [0, 0.05) is 30.5 Å². The zero-order chi connectivity index (χ0) is 27.4. The summed E-state index contributed by atoms with van der Waals surface area (Å²) in [6.07, 6.45) is 0.423. The smallest absolute Gasteiger partial charge is 0.321 e. The first-order chi connectivity index (χ1) is 18.9. The van der Waals surface area contributed by atoms with Gasteiger partial charge in [-0.25, -0.2) is 19.3 Å². The van der Waals surface area contributed by atoms with Crippen molar-refractivity contribution in [3.05, 3.63) is 88.1 Å². The summed E-state index contributed by atoms with van der Waals surface area (Å²) in [5, 5.41) is 13.7. The van der Waals surface area contributed by atoms with Crippen LogP contribution >= 0.6 is 0 Å². The highest BCUT2D eigenvalue weighted by molar-refractivity contribution is 5.91. The molecular weight excluding hydrogens is 497 g/mol. The molecule has 2 heterocycles. The maximum absolute atomic E-state index is 14.9. The van der Waals surface area contributed by atoms with Crippen molar-refractivity contribution in [2.24, 2.45) is 0 Å². The molecule has 0 saturated heterocycles. The van der Waals surface area contributed by atoms with Crippen LogP contribution in [0.15, 0.2) is 65.5 Å². The number of aromatic nitrogens is 4. The first kappa shape index (κ1) is 26.1. The monoisotopic (exact) mass is 527 g/mol. The third-order valence-electron chi connectivity index (χ3n) is 6.81. The lowest BCUT2D eigenvalue weighted by Crippen LogP contribution is -2.37. The normalized spacial score (nSPS) is 11.4. The molecule has 3 aromatic carbocycles.